The first-order valence-electron chi connectivity index (χ1n) is 9.88. The molecule has 0 saturated carbocycles. The summed E-state index contributed by atoms with van der Waals surface area (Å²) in [7, 11) is 0. The van der Waals surface area contributed by atoms with Crippen molar-refractivity contribution in [1.29, 1.82) is 0 Å². The van der Waals surface area contributed by atoms with Crippen molar-refractivity contribution >= 4 is 11.5 Å². The van der Waals surface area contributed by atoms with Crippen LogP contribution in [0.15, 0.2) is 103 Å². The number of hydrogen-bond acceptors (Lipinski definition) is 3. The molecule has 1 aliphatic heterocycles. The standard InChI is InChI=1S/C26H23NO3/c1-2-22(20-14-8-4-9-15-20)24(28)23-25(30-21-16-10-5-11-17-21)26(29)27(23)18-19-12-6-3-7-13-19/h3-17,23-25,28H,1,18H2/t23-,24-,25+/m0/s1. The topological polar surface area (TPSA) is 49.8 Å². The zero-order valence-electron chi connectivity index (χ0n) is 16.5. The molecule has 1 heterocycles. The highest BCUT2D eigenvalue weighted by atomic mass is 16.5. The fourth-order valence-corrected chi connectivity index (χ4v) is 3.77. The maximum absolute atomic E-state index is 13.0. The Bertz CT molecular complexity index is 992. The van der Waals surface area contributed by atoms with Crippen molar-refractivity contribution in [1.82, 2.24) is 4.90 Å². The number of ether oxygens (including phenoxy) is 1. The minimum Gasteiger partial charge on any atom is -0.478 e. The Labute approximate surface area is 176 Å². The van der Waals surface area contributed by atoms with Crippen LogP contribution in [0.4, 0.5) is 0 Å². The van der Waals surface area contributed by atoms with E-state index in [0.29, 0.717) is 17.9 Å². The molecule has 0 spiro atoms. The van der Waals surface area contributed by atoms with Crippen LogP contribution in [0.3, 0.4) is 0 Å². The summed E-state index contributed by atoms with van der Waals surface area (Å²) in [5.74, 6) is 0.444. The van der Waals surface area contributed by atoms with Crippen molar-refractivity contribution in [2.24, 2.45) is 0 Å². The van der Waals surface area contributed by atoms with Gasteiger partial charge in [-0.3, -0.25) is 4.79 Å². The Morgan fingerprint density at radius 2 is 1.53 bits per heavy atom. The number of amides is 1. The van der Waals surface area contributed by atoms with Gasteiger partial charge in [-0.2, -0.15) is 0 Å². The van der Waals surface area contributed by atoms with Crippen LogP contribution < -0.4 is 4.74 Å². The molecule has 0 radical (unpaired) electrons. The van der Waals surface area contributed by atoms with Gasteiger partial charge in [0, 0.05) is 12.1 Å². The average Bonchev–Trinajstić information content (AvgIpc) is 2.80. The van der Waals surface area contributed by atoms with Crippen LogP contribution in [0, 0.1) is 0 Å². The summed E-state index contributed by atoms with van der Waals surface area (Å²) in [6.07, 6.45) is -1.77. The second kappa shape index (κ2) is 8.83. The van der Waals surface area contributed by atoms with Crippen molar-refractivity contribution in [3.05, 3.63) is 114 Å². The molecular weight excluding hydrogens is 374 g/mol. The zero-order chi connectivity index (χ0) is 20.9. The van der Waals surface area contributed by atoms with Gasteiger partial charge in [-0.1, -0.05) is 85.4 Å². The summed E-state index contributed by atoms with van der Waals surface area (Å²) >= 11 is 0. The molecule has 30 heavy (non-hydrogen) atoms. The van der Waals surface area contributed by atoms with Gasteiger partial charge in [-0.05, 0) is 23.3 Å². The number of para-hydroxylation sites is 1. The molecule has 1 amide bonds. The summed E-state index contributed by atoms with van der Waals surface area (Å²) in [4.78, 5) is 14.6. The van der Waals surface area contributed by atoms with Crippen molar-refractivity contribution in [2.45, 2.75) is 24.8 Å². The van der Waals surface area contributed by atoms with Crippen LogP contribution >= 0.6 is 0 Å². The second-order valence-electron chi connectivity index (χ2n) is 7.20. The molecule has 1 fully saturated rings. The number of benzene rings is 3. The van der Waals surface area contributed by atoms with Crippen molar-refractivity contribution in [2.75, 3.05) is 0 Å². The monoisotopic (exact) mass is 397 g/mol. The Morgan fingerprint density at radius 1 is 0.967 bits per heavy atom. The first-order chi connectivity index (χ1) is 14.7. The van der Waals surface area contributed by atoms with Gasteiger partial charge in [-0.15, -0.1) is 5.73 Å². The molecule has 3 aromatic rings. The Hall–Kier alpha value is -3.59. The number of rotatable bonds is 7. The van der Waals surface area contributed by atoms with Crippen LogP contribution in [0.1, 0.15) is 11.1 Å². The minimum atomic E-state index is -0.986. The molecule has 1 N–H and O–H groups in total. The molecule has 3 atom stereocenters. The van der Waals surface area contributed by atoms with Crippen molar-refractivity contribution < 1.29 is 14.6 Å². The lowest BCUT2D eigenvalue weighted by atomic mass is 9.85. The van der Waals surface area contributed by atoms with E-state index >= 15 is 0 Å². The van der Waals surface area contributed by atoms with E-state index in [1.165, 1.54) is 0 Å². The lowest BCUT2D eigenvalue weighted by Crippen LogP contribution is -2.70. The number of aliphatic hydroxyl groups is 1. The minimum absolute atomic E-state index is 0.150. The Kier molecular flexibility index (Phi) is 5.80. The lowest BCUT2D eigenvalue weighted by molar-refractivity contribution is -0.171. The van der Waals surface area contributed by atoms with Crippen LogP contribution in [0.2, 0.25) is 0 Å². The molecule has 0 aliphatic carbocycles. The van der Waals surface area contributed by atoms with Crippen molar-refractivity contribution in [3.8, 4) is 5.75 Å². The molecule has 4 heteroatoms. The van der Waals surface area contributed by atoms with Gasteiger partial charge in [0.05, 0.1) is 0 Å². The third-order valence-corrected chi connectivity index (χ3v) is 5.29. The SMILES string of the molecule is C=C=C(c1ccccc1)[C@H](O)[C@H]1[C@@H](Oc2ccccc2)C(=O)N1Cc1ccccc1. The third-order valence-electron chi connectivity index (χ3n) is 5.29. The number of hydrogen-bond donors (Lipinski definition) is 1. The highest BCUT2D eigenvalue weighted by Gasteiger charge is 2.53. The van der Waals surface area contributed by atoms with Gasteiger partial charge in [0.2, 0.25) is 0 Å². The van der Waals surface area contributed by atoms with Gasteiger partial charge < -0.3 is 14.7 Å². The van der Waals surface area contributed by atoms with E-state index in [1.807, 2.05) is 78.9 Å². The summed E-state index contributed by atoms with van der Waals surface area (Å²) < 4.78 is 5.98. The Morgan fingerprint density at radius 3 is 2.13 bits per heavy atom. The first-order valence-corrected chi connectivity index (χ1v) is 9.88. The van der Waals surface area contributed by atoms with Gasteiger partial charge in [-0.25, -0.2) is 0 Å². The fraction of sp³-hybridized carbons (Fsp3) is 0.154. The van der Waals surface area contributed by atoms with Gasteiger partial charge >= 0.3 is 0 Å². The molecule has 1 aliphatic rings. The predicted octanol–water partition coefficient (Wildman–Crippen LogP) is 4.07. The van der Waals surface area contributed by atoms with E-state index in [-0.39, 0.29) is 5.91 Å². The number of β-lactam (4-membered cyclic amide) rings is 1. The molecule has 150 valence electrons. The molecule has 4 rings (SSSR count). The highest BCUT2D eigenvalue weighted by molar-refractivity contribution is 5.90. The number of aliphatic hydroxyl groups excluding tert-OH is 1. The molecule has 0 bridgehead atoms. The van der Waals surface area contributed by atoms with Crippen LogP contribution in [-0.2, 0) is 11.3 Å². The van der Waals surface area contributed by atoms with Gasteiger partial charge in [0.15, 0.2) is 6.10 Å². The van der Waals surface area contributed by atoms with E-state index < -0.39 is 18.2 Å². The molecule has 4 nitrogen and oxygen atoms in total. The number of carbonyl (C=O) groups is 1. The normalized spacial score (nSPS) is 18.8. The van der Waals surface area contributed by atoms with E-state index in [1.54, 1.807) is 17.0 Å². The zero-order valence-corrected chi connectivity index (χ0v) is 16.5. The predicted molar refractivity (Wildman–Crippen MR) is 117 cm³/mol. The average molecular weight is 397 g/mol. The van der Waals surface area contributed by atoms with Gasteiger partial charge in [0.1, 0.15) is 17.9 Å². The summed E-state index contributed by atoms with van der Waals surface area (Å²) in [6.45, 7) is 4.17. The maximum atomic E-state index is 13.0. The summed E-state index contributed by atoms with van der Waals surface area (Å²) in [6, 6.07) is 27.9. The van der Waals surface area contributed by atoms with E-state index in [0.717, 1.165) is 11.1 Å². The first kappa shape index (κ1) is 19.7. The lowest BCUT2D eigenvalue weighted by Gasteiger charge is -2.48. The Balaban J connectivity index is 1.64. The molecule has 1 saturated heterocycles. The van der Waals surface area contributed by atoms with Crippen LogP contribution in [0.25, 0.3) is 5.57 Å². The smallest absolute Gasteiger partial charge is 0.266 e. The van der Waals surface area contributed by atoms with Crippen LogP contribution in [-0.4, -0.2) is 34.2 Å². The van der Waals surface area contributed by atoms with E-state index in [4.69, 9.17) is 4.74 Å². The third kappa shape index (κ3) is 3.92. The van der Waals surface area contributed by atoms with Crippen LogP contribution in [0.5, 0.6) is 5.75 Å². The maximum Gasteiger partial charge on any atom is 0.266 e. The molecule has 0 unspecified atom stereocenters. The fourth-order valence-electron chi connectivity index (χ4n) is 3.77. The highest BCUT2D eigenvalue weighted by Crippen LogP contribution is 2.34. The van der Waals surface area contributed by atoms with Gasteiger partial charge in [0.25, 0.3) is 5.91 Å². The van der Waals surface area contributed by atoms with E-state index in [2.05, 4.69) is 12.3 Å². The van der Waals surface area contributed by atoms with Crippen molar-refractivity contribution in [3.63, 3.8) is 0 Å². The summed E-state index contributed by atoms with van der Waals surface area (Å²) in [5.41, 5.74) is 5.23. The molecule has 0 aromatic heterocycles. The second-order valence-corrected chi connectivity index (χ2v) is 7.20. The largest absolute Gasteiger partial charge is 0.478 e. The summed E-state index contributed by atoms with van der Waals surface area (Å²) in [5, 5.41) is 11.3. The molecule has 3 aromatic carbocycles. The van der Waals surface area contributed by atoms with E-state index in [9.17, 15) is 9.90 Å². The number of nitrogens with zero attached hydrogens (tertiary/aromatic N) is 1. The molecular formula is C26H23NO3. The number of likely N-dealkylation sites (tertiary alicyclic amines) is 1. The quantitative estimate of drug-likeness (QED) is 0.483. The number of carbonyl (C=O) groups excluding carboxylic acids is 1.